The van der Waals surface area contributed by atoms with Gasteiger partial charge in [0.1, 0.15) is 11.2 Å². The first kappa shape index (κ1) is 42.2. The van der Waals surface area contributed by atoms with Gasteiger partial charge < -0.3 is 13.9 Å². The molecule has 0 amide bonds. The Morgan fingerprint density at radius 3 is 1.45 bits per heavy atom. The molecule has 0 atom stereocenters. The fraction of sp³-hybridized carbons (Fsp3) is 0. The monoisotopic (exact) mass is 930 g/mol. The lowest BCUT2D eigenvalue weighted by molar-refractivity contribution is 0.670. The molecule has 0 N–H and O–H groups in total. The summed E-state index contributed by atoms with van der Waals surface area (Å²) in [6.45, 7) is 0. The molecule has 0 spiro atoms. The summed E-state index contributed by atoms with van der Waals surface area (Å²) in [5, 5.41) is 7.24. The van der Waals surface area contributed by atoms with E-state index in [0.717, 1.165) is 78.1 Å². The van der Waals surface area contributed by atoms with Crippen molar-refractivity contribution < 1.29 is 4.42 Å². The molecule has 0 saturated carbocycles. The normalized spacial score (nSPS) is 11.6. The summed E-state index contributed by atoms with van der Waals surface area (Å²) in [5.74, 6) is 0. The minimum absolute atomic E-state index is 0.899. The van der Waals surface area contributed by atoms with E-state index in [1.807, 2.05) is 12.1 Å². The van der Waals surface area contributed by atoms with Crippen molar-refractivity contribution in [2.24, 2.45) is 0 Å². The second-order valence-electron chi connectivity index (χ2n) is 18.8. The minimum Gasteiger partial charge on any atom is -0.455 e. The van der Waals surface area contributed by atoms with Crippen molar-refractivity contribution in [3.05, 3.63) is 279 Å². The van der Waals surface area contributed by atoms with E-state index in [4.69, 9.17) is 4.42 Å². The highest BCUT2D eigenvalue weighted by molar-refractivity contribution is 6.11. The summed E-state index contributed by atoms with van der Waals surface area (Å²) in [4.78, 5) is 2.36. The highest BCUT2D eigenvalue weighted by Gasteiger charge is 2.19. The molecule has 14 rings (SSSR count). The summed E-state index contributed by atoms with van der Waals surface area (Å²) in [6, 6.07) is 101. The quantitative estimate of drug-likeness (QED) is 0.144. The number of nitrogens with zero attached hydrogens (tertiary/aromatic N) is 2. The molecule has 12 aromatic carbocycles. The Morgan fingerprint density at radius 2 is 0.753 bits per heavy atom. The number of hydrogen-bond donors (Lipinski definition) is 0. The molecule has 2 heterocycles. The number of fused-ring (bicyclic) bond motifs is 7. The first-order valence-electron chi connectivity index (χ1n) is 25.0. The molecule has 2 aromatic heterocycles. The van der Waals surface area contributed by atoms with Gasteiger partial charge in [0, 0.05) is 49.7 Å². The first-order valence-corrected chi connectivity index (χ1v) is 25.0. The third-order valence-corrected chi connectivity index (χ3v) is 14.6. The molecule has 0 saturated heterocycles. The number of hydrogen-bond acceptors (Lipinski definition) is 2. The van der Waals surface area contributed by atoms with Gasteiger partial charge in [-0.3, -0.25) is 0 Å². The number of benzene rings is 12. The van der Waals surface area contributed by atoms with Crippen LogP contribution in [-0.4, -0.2) is 4.57 Å². The zero-order valence-electron chi connectivity index (χ0n) is 39.9. The number of furan rings is 1. The third kappa shape index (κ3) is 7.37. The molecule has 14 aromatic rings. The van der Waals surface area contributed by atoms with Gasteiger partial charge in [0.2, 0.25) is 0 Å². The van der Waals surface area contributed by atoms with Crippen LogP contribution in [0.5, 0.6) is 0 Å². The van der Waals surface area contributed by atoms with E-state index < -0.39 is 0 Å². The Morgan fingerprint density at radius 1 is 0.274 bits per heavy atom. The minimum atomic E-state index is 0.899. The zero-order chi connectivity index (χ0) is 48.2. The molecule has 342 valence electrons. The lowest BCUT2D eigenvalue weighted by Crippen LogP contribution is -2.09. The SMILES string of the molecule is c1cc(-c2ccc(N(c3ccc(-c4ccc5ccccc5c4)cc3)c3ccc(-c4ccccc4-c4cccc5c4oc4ccccc45)cc3)cc2)cc(-c2ccccc2-n2c3ccccc3c3ccccc32)c1. The van der Waals surface area contributed by atoms with Crippen LogP contribution in [0.2, 0.25) is 0 Å². The molecule has 3 heteroatoms. The van der Waals surface area contributed by atoms with Crippen molar-refractivity contribution in [3.63, 3.8) is 0 Å². The van der Waals surface area contributed by atoms with Crippen LogP contribution in [0.4, 0.5) is 17.1 Å². The van der Waals surface area contributed by atoms with Gasteiger partial charge in [0.15, 0.2) is 0 Å². The van der Waals surface area contributed by atoms with E-state index in [9.17, 15) is 0 Å². The van der Waals surface area contributed by atoms with E-state index in [-0.39, 0.29) is 0 Å². The van der Waals surface area contributed by atoms with Crippen molar-refractivity contribution in [3.8, 4) is 61.3 Å². The molecular formula is C70H46N2O. The van der Waals surface area contributed by atoms with Crippen molar-refractivity contribution in [2.45, 2.75) is 0 Å². The second-order valence-corrected chi connectivity index (χ2v) is 18.8. The number of aromatic nitrogens is 1. The van der Waals surface area contributed by atoms with E-state index >= 15 is 0 Å². The van der Waals surface area contributed by atoms with Crippen LogP contribution in [0.1, 0.15) is 0 Å². The lowest BCUT2D eigenvalue weighted by Gasteiger charge is -2.26. The second kappa shape index (κ2) is 17.6. The van der Waals surface area contributed by atoms with Gasteiger partial charge in [-0.2, -0.15) is 0 Å². The summed E-state index contributed by atoms with van der Waals surface area (Å²) < 4.78 is 8.95. The Bertz CT molecular complexity index is 4310. The molecule has 0 unspecified atom stereocenters. The van der Waals surface area contributed by atoms with Gasteiger partial charge in [-0.15, -0.1) is 0 Å². The van der Waals surface area contributed by atoms with Gasteiger partial charge in [-0.1, -0.05) is 206 Å². The fourth-order valence-corrected chi connectivity index (χ4v) is 11.1. The number of rotatable bonds is 9. The summed E-state index contributed by atoms with van der Waals surface area (Å²) >= 11 is 0. The van der Waals surface area contributed by atoms with E-state index in [1.54, 1.807) is 0 Å². The van der Waals surface area contributed by atoms with Crippen molar-refractivity contribution in [1.29, 1.82) is 0 Å². The van der Waals surface area contributed by atoms with Crippen LogP contribution in [0, 0.1) is 0 Å². The number of anilines is 3. The maximum Gasteiger partial charge on any atom is 0.143 e. The van der Waals surface area contributed by atoms with Gasteiger partial charge in [-0.05, 0) is 128 Å². The topological polar surface area (TPSA) is 21.3 Å². The maximum atomic E-state index is 6.53. The third-order valence-electron chi connectivity index (χ3n) is 14.6. The van der Waals surface area contributed by atoms with Crippen LogP contribution in [-0.2, 0) is 0 Å². The van der Waals surface area contributed by atoms with Crippen LogP contribution in [0.25, 0.3) is 116 Å². The van der Waals surface area contributed by atoms with Crippen LogP contribution in [0.3, 0.4) is 0 Å². The molecule has 3 nitrogen and oxygen atoms in total. The standard InChI is InChI=1S/C70H46N2O/c1-2-16-51-45-53(32-31-47(51)15-1)49-35-41-56(42-36-49)71(57-43-37-50(38-44-57)58-19-3-4-21-60(58)64-25-14-26-65-63-24-8-12-30-69(63)73-70(64)65)55-39-33-48(34-40-55)52-17-13-18-54(46-52)59-20-5-9-27-66(59)72-67-28-10-6-22-61(67)62-23-7-11-29-68(62)72/h1-46H. The van der Waals surface area contributed by atoms with Crippen molar-refractivity contribution in [1.82, 2.24) is 4.57 Å². The maximum absolute atomic E-state index is 6.53. The molecule has 0 aliphatic rings. The Balaban J connectivity index is 0.832. The number of para-hydroxylation sites is 5. The van der Waals surface area contributed by atoms with Gasteiger partial charge in [-0.25, -0.2) is 0 Å². The molecular weight excluding hydrogens is 885 g/mol. The molecule has 0 aliphatic heterocycles. The Labute approximate surface area is 423 Å². The highest BCUT2D eigenvalue weighted by atomic mass is 16.3. The van der Waals surface area contributed by atoms with Gasteiger partial charge in [0.25, 0.3) is 0 Å². The van der Waals surface area contributed by atoms with Crippen molar-refractivity contribution >= 4 is 71.6 Å². The van der Waals surface area contributed by atoms with Crippen LogP contribution >= 0.6 is 0 Å². The molecule has 0 aliphatic carbocycles. The predicted octanol–water partition coefficient (Wildman–Crippen LogP) is 19.6. The van der Waals surface area contributed by atoms with Gasteiger partial charge >= 0.3 is 0 Å². The summed E-state index contributed by atoms with van der Waals surface area (Å²) in [6.07, 6.45) is 0. The first-order chi connectivity index (χ1) is 36.2. The highest BCUT2D eigenvalue weighted by Crippen LogP contribution is 2.43. The van der Waals surface area contributed by atoms with Crippen LogP contribution < -0.4 is 4.90 Å². The zero-order valence-corrected chi connectivity index (χ0v) is 39.9. The smallest absolute Gasteiger partial charge is 0.143 e. The Hall–Kier alpha value is -9.70. The van der Waals surface area contributed by atoms with E-state index in [1.165, 1.54) is 54.8 Å². The van der Waals surface area contributed by atoms with E-state index in [2.05, 4.69) is 276 Å². The fourth-order valence-electron chi connectivity index (χ4n) is 11.1. The average molecular weight is 931 g/mol. The molecule has 0 radical (unpaired) electrons. The average Bonchev–Trinajstić information content (AvgIpc) is 4.02. The summed E-state index contributed by atoms with van der Waals surface area (Å²) in [7, 11) is 0. The predicted molar refractivity (Wildman–Crippen MR) is 307 cm³/mol. The van der Waals surface area contributed by atoms with Crippen LogP contribution in [0.15, 0.2) is 283 Å². The lowest BCUT2D eigenvalue weighted by atomic mass is 9.93. The molecule has 0 bridgehead atoms. The molecule has 73 heavy (non-hydrogen) atoms. The van der Waals surface area contributed by atoms with E-state index in [0.29, 0.717) is 0 Å². The van der Waals surface area contributed by atoms with Crippen molar-refractivity contribution in [2.75, 3.05) is 4.90 Å². The summed E-state index contributed by atoms with van der Waals surface area (Å²) in [5.41, 5.74) is 20.1. The largest absolute Gasteiger partial charge is 0.455 e. The molecule has 0 fully saturated rings. The van der Waals surface area contributed by atoms with Gasteiger partial charge in [0.05, 0.1) is 16.7 Å². The Kier molecular flexibility index (Phi) is 10.2.